The first-order chi connectivity index (χ1) is 9.63. The van der Waals surface area contributed by atoms with Gasteiger partial charge in [-0.3, -0.25) is 4.98 Å². The van der Waals surface area contributed by atoms with E-state index in [1.807, 2.05) is 19.2 Å². The van der Waals surface area contributed by atoms with Crippen LogP contribution in [0.1, 0.15) is 25.1 Å². The lowest BCUT2D eigenvalue weighted by molar-refractivity contribution is 0.476. The molecular formula is C15H16ClFN2O. The zero-order valence-electron chi connectivity index (χ0n) is 11.4. The number of ether oxygens (including phenoxy) is 1. The third kappa shape index (κ3) is 3.46. The predicted octanol–water partition coefficient (Wildman–Crippen LogP) is 4.34. The van der Waals surface area contributed by atoms with E-state index in [0.717, 1.165) is 12.1 Å². The lowest BCUT2D eigenvalue weighted by atomic mass is 10.1. The molecule has 1 unspecified atom stereocenters. The summed E-state index contributed by atoms with van der Waals surface area (Å²) in [5.41, 5.74) is 0.951. The Morgan fingerprint density at radius 2 is 2.15 bits per heavy atom. The third-order valence-electron chi connectivity index (χ3n) is 2.99. The summed E-state index contributed by atoms with van der Waals surface area (Å²) in [5.74, 6) is 0.576. The second-order valence-corrected chi connectivity index (χ2v) is 4.75. The van der Waals surface area contributed by atoms with Gasteiger partial charge in [0.05, 0.1) is 16.9 Å². The highest BCUT2D eigenvalue weighted by atomic mass is 35.5. The van der Waals surface area contributed by atoms with E-state index >= 15 is 0 Å². The number of benzene rings is 1. The summed E-state index contributed by atoms with van der Waals surface area (Å²) in [6.07, 6.45) is 2.59. The van der Waals surface area contributed by atoms with Crippen molar-refractivity contribution in [3.05, 3.63) is 53.1 Å². The first kappa shape index (κ1) is 14.8. The van der Waals surface area contributed by atoms with Crippen LogP contribution in [-0.2, 0) is 0 Å². The summed E-state index contributed by atoms with van der Waals surface area (Å²) in [5, 5.41) is 3.42. The summed E-state index contributed by atoms with van der Waals surface area (Å²) in [6, 6.07) is 7.95. The Kier molecular flexibility index (Phi) is 4.93. The smallest absolute Gasteiger partial charge is 0.146 e. The summed E-state index contributed by atoms with van der Waals surface area (Å²) in [7, 11) is 1.90. The van der Waals surface area contributed by atoms with E-state index in [-0.39, 0.29) is 11.1 Å². The van der Waals surface area contributed by atoms with Gasteiger partial charge in [0, 0.05) is 6.04 Å². The summed E-state index contributed by atoms with van der Waals surface area (Å²) in [4.78, 5) is 4.36. The number of nitrogens with zero attached hydrogens (tertiary/aromatic N) is 1. The van der Waals surface area contributed by atoms with Gasteiger partial charge in [-0.2, -0.15) is 0 Å². The van der Waals surface area contributed by atoms with E-state index < -0.39 is 5.82 Å². The van der Waals surface area contributed by atoms with E-state index in [0.29, 0.717) is 11.5 Å². The van der Waals surface area contributed by atoms with Crippen molar-refractivity contribution in [1.82, 2.24) is 10.3 Å². The second-order valence-electron chi connectivity index (χ2n) is 4.35. The molecule has 1 aromatic carbocycles. The van der Waals surface area contributed by atoms with Crippen molar-refractivity contribution in [2.75, 3.05) is 7.05 Å². The predicted molar refractivity (Wildman–Crippen MR) is 77.8 cm³/mol. The van der Waals surface area contributed by atoms with Crippen molar-refractivity contribution >= 4 is 11.6 Å². The van der Waals surface area contributed by atoms with Crippen molar-refractivity contribution in [2.24, 2.45) is 0 Å². The van der Waals surface area contributed by atoms with Gasteiger partial charge in [-0.15, -0.1) is 0 Å². The number of hydrogen-bond donors (Lipinski definition) is 1. The molecule has 0 fully saturated rings. The standard InChI is InChI=1S/C15H16ClFN2O/c1-3-13(18-2)14-6-5-11(9-19-14)20-15-7-4-10(17)8-12(15)16/h4-9,13,18H,3H2,1-2H3. The molecule has 0 bridgehead atoms. The first-order valence-corrected chi connectivity index (χ1v) is 6.78. The van der Waals surface area contributed by atoms with E-state index in [1.165, 1.54) is 18.2 Å². The van der Waals surface area contributed by atoms with Crippen LogP contribution in [0.3, 0.4) is 0 Å². The summed E-state index contributed by atoms with van der Waals surface area (Å²) >= 11 is 5.91. The van der Waals surface area contributed by atoms with Gasteiger partial charge in [-0.05, 0) is 43.8 Å². The zero-order valence-corrected chi connectivity index (χ0v) is 12.1. The number of aromatic nitrogens is 1. The fourth-order valence-corrected chi connectivity index (χ4v) is 2.11. The maximum absolute atomic E-state index is 12.9. The average Bonchev–Trinajstić information content (AvgIpc) is 2.45. The molecule has 1 atom stereocenters. The highest BCUT2D eigenvalue weighted by molar-refractivity contribution is 6.32. The van der Waals surface area contributed by atoms with E-state index in [9.17, 15) is 4.39 Å². The van der Waals surface area contributed by atoms with Crippen LogP contribution in [0.2, 0.25) is 5.02 Å². The van der Waals surface area contributed by atoms with Crippen molar-refractivity contribution in [1.29, 1.82) is 0 Å². The number of nitrogens with one attached hydrogen (secondary N) is 1. The molecule has 0 aliphatic heterocycles. The van der Waals surface area contributed by atoms with Gasteiger partial charge < -0.3 is 10.1 Å². The van der Waals surface area contributed by atoms with Gasteiger partial charge in [0.2, 0.25) is 0 Å². The minimum atomic E-state index is -0.393. The lowest BCUT2D eigenvalue weighted by Gasteiger charge is -2.13. The molecule has 2 aromatic rings. The Bertz CT molecular complexity index is 571. The minimum Gasteiger partial charge on any atom is -0.454 e. The molecule has 0 aliphatic rings. The molecule has 0 saturated heterocycles. The lowest BCUT2D eigenvalue weighted by Crippen LogP contribution is -2.16. The number of hydrogen-bond acceptors (Lipinski definition) is 3. The molecule has 3 nitrogen and oxygen atoms in total. The van der Waals surface area contributed by atoms with Gasteiger partial charge >= 0.3 is 0 Å². The Morgan fingerprint density at radius 3 is 2.70 bits per heavy atom. The molecule has 0 aliphatic carbocycles. The van der Waals surface area contributed by atoms with Crippen LogP contribution in [0.4, 0.5) is 4.39 Å². The van der Waals surface area contributed by atoms with Crippen LogP contribution in [-0.4, -0.2) is 12.0 Å². The normalized spacial score (nSPS) is 12.2. The Labute approximate surface area is 122 Å². The highest BCUT2D eigenvalue weighted by Gasteiger charge is 2.09. The SMILES string of the molecule is CCC(NC)c1ccc(Oc2ccc(F)cc2Cl)cn1. The van der Waals surface area contributed by atoms with Gasteiger partial charge in [-0.1, -0.05) is 18.5 Å². The van der Waals surface area contributed by atoms with Crippen molar-refractivity contribution in [3.63, 3.8) is 0 Å². The highest BCUT2D eigenvalue weighted by Crippen LogP contribution is 2.29. The van der Waals surface area contributed by atoms with Gasteiger partial charge in [-0.25, -0.2) is 4.39 Å². The van der Waals surface area contributed by atoms with E-state index in [1.54, 1.807) is 6.20 Å². The minimum absolute atomic E-state index is 0.221. The Hall–Kier alpha value is -1.65. The molecule has 1 heterocycles. The molecule has 1 aromatic heterocycles. The van der Waals surface area contributed by atoms with Crippen LogP contribution >= 0.6 is 11.6 Å². The number of halogens is 2. The third-order valence-corrected chi connectivity index (χ3v) is 3.29. The zero-order chi connectivity index (χ0) is 14.5. The van der Waals surface area contributed by atoms with Crippen LogP contribution in [0.25, 0.3) is 0 Å². The van der Waals surface area contributed by atoms with Gasteiger partial charge in [0.25, 0.3) is 0 Å². The van der Waals surface area contributed by atoms with Crippen LogP contribution in [0, 0.1) is 5.82 Å². The molecule has 20 heavy (non-hydrogen) atoms. The molecule has 0 amide bonds. The average molecular weight is 295 g/mol. The first-order valence-electron chi connectivity index (χ1n) is 6.40. The molecule has 0 spiro atoms. The summed E-state index contributed by atoms with van der Waals surface area (Å²) in [6.45, 7) is 2.09. The van der Waals surface area contributed by atoms with Crippen molar-refractivity contribution in [3.8, 4) is 11.5 Å². The van der Waals surface area contributed by atoms with Crippen molar-refractivity contribution in [2.45, 2.75) is 19.4 Å². The fourth-order valence-electron chi connectivity index (χ4n) is 1.90. The largest absolute Gasteiger partial charge is 0.454 e. The Morgan fingerprint density at radius 1 is 1.35 bits per heavy atom. The van der Waals surface area contributed by atoms with Gasteiger partial charge in [0.1, 0.15) is 17.3 Å². The van der Waals surface area contributed by atoms with Crippen molar-refractivity contribution < 1.29 is 9.13 Å². The monoisotopic (exact) mass is 294 g/mol. The molecule has 2 rings (SSSR count). The van der Waals surface area contributed by atoms with Crippen LogP contribution in [0.15, 0.2) is 36.5 Å². The van der Waals surface area contributed by atoms with Crippen LogP contribution in [0.5, 0.6) is 11.5 Å². The molecule has 5 heteroatoms. The molecule has 1 N–H and O–H groups in total. The van der Waals surface area contributed by atoms with Gasteiger partial charge in [0.15, 0.2) is 0 Å². The molecule has 0 saturated carbocycles. The number of rotatable bonds is 5. The topological polar surface area (TPSA) is 34.1 Å². The maximum Gasteiger partial charge on any atom is 0.146 e. The molecule has 106 valence electrons. The fraction of sp³-hybridized carbons (Fsp3) is 0.267. The Balaban J connectivity index is 2.14. The summed E-state index contributed by atoms with van der Waals surface area (Å²) < 4.78 is 18.5. The molecular weight excluding hydrogens is 279 g/mol. The van der Waals surface area contributed by atoms with E-state index in [2.05, 4.69) is 17.2 Å². The number of pyridine rings is 1. The van der Waals surface area contributed by atoms with E-state index in [4.69, 9.17) is 16.3 Å². The maximum atomic E-state index is 12.9. The molecule has 0 radical (unpaired) electrons. The van der Waals surface area contributed by atoms with Crippen LogP contribution < -0.4 is 10.1 Å². The second kappa shape index (κ2) is 6.68. The quantitative estimate of drug-likeness (QED) is 0.891.